The van der Waals surface area contributed by atoms with E-state index in [2.05, 4.69) is 15.0 Å². The minimum Gasteiger partial charge on any atom is -0.368 e. The topological polar surface area (TPSA) is 64.7 Å². The molecule has 1 aromatic carbocycles. The lowest BCUT2D eigenvalue weighted by molar-refractivity contribution is -0.137. The van der Waals surface area contributed by atoms with Gasteiger partial charge in [0.2, 0.25) is 5.95 Å². The molecule has 0 fully saturated rings. The lowest BCUT2D eigenvalue weighted by Gasteiger charge is -2.14. The minimum absolute atomic E-state index is 0.00699. The van der Waals surface area contributed by atoms with Gasteiger partial charge in [0, 0.05) is 29.1 Å². The lowest BCUT2D eigenvalue weighted by atomic mass is 9.98. The fourth-order valence-electron chi connectivity index (χ4n) is 2.50. The van der Waals surface area contributed by atoms with Crippen LogP contribution in [0.15, 0.2) is 48.8 Å². The van der Waals surface area contributed by atoms with Crippen molar-refractivity contribution in [2.24, 2.45) is 0 Å². The summed E-state index contributed by atoms with van der Waals surface area (Å²) in [6.07, 6.45) is -1.21. The van der Waals surface area contributed by atoms with Gasteiger partial charge in [-0.05, 0) is 25.1 Å². The molecule has 122 valence electrons. The van der Waals surface area contributed by atoms with E-state index < -0.39 is 11.7 Å². The maximum atomic E-state index is 13.0. The number of hydrogen-bond acceptors (Lipinski definition) is 4. The van der Waals surface area contributed by atoms with Gasteiger partial charge in [0.05, 0.1) is 17.0 Å². The second kappa shape index (κ2) is 5.92. The smallest absolute Gasteiger partial charge is 0.368 e. The van der Waals surface area contributed by atoms with E-state index in [-0.39, 0.29) is 5.95 Å². The number of nitrogens with zero attached hydrogens (tertiary/aromatic N) is 3. The molecule has 0 amide bonds. The van der Waals surface area contributed by atoms with E-state index >= 15 is 0 Å². The van der Waals surface area contributed by atoms with Crippen molar-refractivity contribution in [3.63, 3.8) is 0 Å². The first-order chi connectivity index (χ1) is 11.4. The fraction of sp³-hybridized carbons (Fsp3) is 0.118. The first kappa shape index (κ1) is 15.9. The molecule has 2 heterocycles. The first-order valence-corrected chi connectivity index (χ1v) is 7.08. The highest BCUT2D eigenvalue weighted by molar-refractivity contribution is 5.82. The Labute approximate surface area is 136 Å². The molecule has 0 saturated heterocycles. The zero-order valence-corrected chi connectivity index (χ0v) is 12.7. The summed E-state index contributed by atoms with van der Waals surface area (Å²) in [6.45, 7) is 1.73. The van der Waals surface area contributed by atoms with Crippen molar-refractivity contribution < 1.29 is 13.2 Å². The highest BCUT2D eigenvalue weighted by Crippen LogP contribution is 2.36. The summed E-state index contributed by atoms with van der Waals surface area (Å²) in [7, 11) is 0. The normalized spacial score (nSPS) is 11.5. The Morgan fingerprint density at radius 1 is 1.00 bits per heavy atom. The third kappa shape index (κ3) is 3.05. The molecule has 7 heteroatoms. The van der Waals surface area contributed by atoms with Crippen molar-refractivity contribution in [3.8, 4) is 22.4 Å². The Kier molecular flexibility index (Phi) is 3.92. The second-order valence-corrected chi connectivity index (χ2v) is 5.21. The standard InChI is InChI=1S/C17H13F3N4/c1-10-14(12-5-3-7-22-9-12)15(24-16(21)23-10)11-4-2-6-13(8-11)17(18,19)20/h2-9H,1H3,(H2,21,23,24). The van der Waals surface area contributed by atoms with Crippen molar-refractivity contribution in [2.45, 2.75) is 13.1 Å². The fourth-order valence-corrected chi connectivity index (χ4v) is 2.50. The number of hydrogen-bond donors (Lipinski definition) is 1. The molecule has 2 N–H and O–H groups in total. The molecular weight excluding hydrogens is 317 g/mol. The molecule has 0 atom stereocenters. The molecule has 3 aromatic rings. The van der Waals surface area contributed by atoms with Crippen LogP contribution in [-0.2, 0) is 6.18 Å². The van der Waals surface area contributed by atoms with Crippen molar-refractivity contribution in [3.05, 3.63) is 60.0 Å². The number of nitrogens with two attached hydrogens (primary N) is 1. The minimum atomic E-state index is -4.43. The van der Waals surface area contributed by atoms with Gasteiger partial charge in [0.1, 0.15) is 0 Å². The third-order valence-corrected chi connectivity index (χ3v) is 3.52. The van der Waals surface area contributed by atoms with E-state index in [0.29, 0.717) is 28.1 Å². The van der Waals surface area contributed by atoms with Crippen LogP contribution in [0.5, 0.6) is 0 Å². The number of aryl methyl sites for hydroxylation is 1. The molecule has 0 aliphatic rings. The zero-order valence-electron chi connectivity index (χ0n) is 12.7. The number of aromatic nitrogens is 3. The van der Waals surface area contributed by atoms with Crippen LogP contribution in [0.2, 0.25) is 0 Å². The number of pyridine rings is 1. The van der Waals surface area contributed by atoms with Gasteiger partial charge in [-0.15, -0.1) is 0 Å². The van der Waals surface area contributed by atoms with Gasteiger partial charge in [-0.3, -0.25) is 4.98 Å². The molecule has 4 nitrogen and oxygen atoms in total. The molecule has 0 unspecified atom stereocenters. The van der Waals surface area contributed by atoms with Crippen molar-refractivity contribution >= 4 is 5.95 Å². The van der Waals surface area contributed by atoms with Crippen molar-refractivity contribution in [1.29, 1.82) is 0 Å². The molecule has 0 spiro atoms. The van der Waals surface area contributed by atoms with Crippen LogP contribution in [0.1, 0.15) is 11.3 Å². The molecule has 24 heavy (non-hydrogen) atoms. The molecule has 0 radical (unpaired) electrons. The average Bonchev–Trinajstić information content (AvgIpc) is 2.54. The van der Waals surface area contributed by atoms with Gasteiger partial charge in [-0.1, -0.05) is 18.2 Å². The van der Waals surface area contributed by atoms with Crippen LogP contribution in [-0.4, -0.2) is 15.0 Å². The van der Waals surface area contributed by atoms with E-state index in [1.807, 2.05) is 0 Å². The monoisotopic (exact) mass is 330 g/mol. The van der Waals surface area contributed by atoms with E-state index in [9.17, 15) is 13.2 Å². The van der Waals surface area contributed by atoms with Gasteiger partial charge in [-0.2, -0.15) is 13.2 Å². The molecule has 0 bridgehead atoms. The van der Waals surface area contributed by atoms with E-state index in [0.717, 1.165) is 12.1 Å². The van der Waals surface area contributed by atoms with Crippen LogP contribution in [0.25, 0.3) is 22.4 Å². The van der Waals surface area contributed by atoms with Crippen LogP contribution in [0.3, 0.4) is 0 Å². The number of anilines is 1. The summed E-state index contributed by atoms with van der Waals surface area (Å²) in [4.78, 5) is 12.3. The van der Waals surface area contributed by atoms with E-state index in [1.165, 1.54) is 6.07 Å². The largest absolute Gasteiger partial charge is 0.416 e. The maximum absolute atomic E-state index is 13.0. The van der Waals surface area contributed by atoms with Gasteiger partial charge in [0.25, 0.3) is 0 Å². The molecule has 2 aromatic heterocycles. The van der Waals surface area contributed by atoms with Gasteiger partial charge < -0.3 is 5.73 Å². The van der Waals surface area contributed by atoms with Crippen molar-refractivity contribution in [2.75, 3.05) is 5.73 Å². The molecule has 0 aliphatic heterocycles. The molecule has 0 aliphatic carbocycles. The first-order valence-electron chi connectivity index (χ1n) is 7.08. The summed E-state index contributed by atoms with van der Waals surface area (Å²) in [5.41, 5.74) is 7.52. The van der Waals surface area contributed by atoms with Gasteiger partial charge >= 0.3 is 6.18 Å². The number of halogens is 3. The predicted octanol–water partition coefficient (Wildman–Crippen LogP) is 4.12. The lowest BCUT2D eigenvalue weighted by Crippen LogP contribution is -2.06. The van der Waals surface area contributed by atoms with Crippen LogP contribution >= 0.6 is 0 Å². The van der Waals surface area contributed by atoms with Gasteiger partial charge in [0.15, 0.2) is 0 Å². The second-order valence-electron chi connectivity index (χ2n) is 5.21. The number of alkyl halides is 3. The molecule has 0 saturated carbocycles. The Bertz CT molecular complexity index is 877. The van der Waals surface area contributed by atoms with Crippen LogP contribution in [0, 0.1) is 6.92 Å². The SMILES string of the molecule is Cc1nc(N)nc(-c2cccc(C(F)(F)F)c2)c1-c1cccnc1. The average molecular weight is 330 g/mol. The zero-order chi connectivity index (χ0) is 17.3. The molecule has 3 rings (SSSR count). The maximum Gasteiger partial charge on any atom is 0.416 e. The van der Waals surface area contributed by atoms with Crippen molar-refractivity contribution in [1.82, 2.24) is 15.0 Å². The van der Waals surface area contributed by atoms with E-state index in [1.54, 1.807) is 37.5 Å². The Hall–Kier alpha value is -2.96. The highest BCUT2D eigenvalue weighted by Gasteiger charge is 2.30. The summed E-state index contributed by atoms with van der Waals surface area (Å²) >= 11 is 0. The Morgan fingerprint density at radius 2 is 1.75 bits per heavy atom. The van der Waals surface area contributed by atoms with Crippen LogP contribution in [0.4, 0.5) is 19.1 Å². The predicted molar refractivity (Wildman–Crippen MR) is 84.9 cm³/mol. The molecular formula is C17H13F3N4. The Balaban J connectivity index is 2.25. The number of nitrogen functional groups attached to an aromatic ring is 1. The summed E-state index contributed by atoms with van der Waals surface area (Å²) in [5, 5.41) is 0. The highest BCUT2D eigenvalue weighted by atomic mass is 19.4. The summed E-state index contributed by atoms with van der Waals surface area (Å²) < 4.78 is 39.0. The summed E-state index contributed by atoms with van der Waals surface area (Å²) in [5.74, 6) is 0.00699. The Morgan fingerprint density at radius 3 is 2.42 bits per heavy atom. The number of rotatable bonds is 2. The quantitative estimate of drug-likeness (QED) is 0.768. The van der Waals surface area contributed by atoms with Crippen LogP contribution < -0.4 is 5.73 Å². The number of benzene rings is 1. The summed E-state index contributed by atoms with van der Waals surface area (Å²) in [6, 6.07) is 8.52. The van der Waals surface area contributed by atoms with Gasteiger partial charge in [-0.25, -0.2) is 9.97 Å². The van der Waals surface area contributed by atoms with E-state index in [4.69, 9.17) is 5.73 Å². The third-order valence-electron chi connectivity index (χ3n) is 3.52.